The summed E-state index contributed by atoms with van der Waals surface area (Å²) in [6.45, 7) is 18.4. The minimum atomic E-state index is 0.293. The quantitative estimate of drug-likeness (QED) is 0.127. The predicted octanol–water partition coefficient (Wildman–Crippen LogP) is 18.3. The number of rotatable bonds is 10. The van der Waals surface area contributed by atoms with Gasteiger partial charge in [-0.3, -0.25) is 0 Å². The molecule has 0 aliphatic heterocycles. The van der Waals surface area contributed by atoms with E-state index in [-0.39, 0.29) is 0 Å². The first-order valence-corrected chi connectivity index (χ1v) is 22.9. The number of para-hydroxylation sites is 2. The topological polar surface area (TPSA) is 6.48 Å². The van der Waals surface area contributed by atoms with Crippen LogP contribution in [-0.2, 0) is 0 Å². The molecule has 2 nitrogen and oxygen atoms in total. The Kier molecular flexibility index (Phi) is 10.6. The molecule has 0 amide bonds. The third-order valence-corrected chi connectivity index (χ3v) is 13.4. The Bertz CT molecular complexity index is 3100. The second-order valence-corrected chi connectivity index (χ2v) is 18.3. The normalized spacial score (nSPS) is 11.7. The first-order chi connectivity index (χ1) is 31.1. The molecule has 10 aromatic rings. The van der Waals surface area contributed by atoms with E-state index < -0.39 is 0 Å². The Hall–Kier alpha value is -7.16. The SMILES string of the molecule is Cc1ccccc1N(c1ccc(-c2ccccc2)cc1C)c1cc(C(C)C)c2ccc3c(N(c4ccccc4C)c4ccc(-c5ccccc5)cc4C)cc(C(C)C)c4ccc1c2c43. The molecule has 0 bridgehead atoms. The molecule has 0 spiro atoms. The monoisotopic (exact) mass is 828 g/mol. The van der Waals surface area contributed by atoms with E-state index in [1.165, 1.54) is 122 Å². The lowest BCUT2D eigenvalue weighted by Gasteiger charge is -2.33. The molecule has 0 aromatic heterocycles. The summed E-state index contributed by atoms with van der Waals surface area (Å²) in [4.78, 5) is 5.08. The highest BCUT2D eigenvalue weighted by Crippen LogP contribution is 2.52. The number of hydrogen-bond donors (Lipinski definition) is 0. The fraction of sp³-hybridized carbons (Fsp3) is 0.161. The molecule has 0 aliphatic carbocycles. The molecule has 314 valence electrons. The molecule has 0 N–H and O–H groups in total. The van der Waals surface area contributed by atoms with Crippen LogP contribution in [0.2, 0.25) is 0 Å². The highest BCUT2D eigenvalue weighted by atomic mass is 15.2. The smallest absolute Gasteiger partial charge is 0.0543 e. The van der Waals surface area contributed by atoms with Crippen molar-refractivity contribution >= 4 is 66.4 Å². The van der Waals surface area contributed by atoms with Crippen molar-refractivity contribution in [3.05, 3.63) is 215 Å². The van der Waals surface area contributed by atoms with Crippen LogP contribution < -0.4 is 9.80 Å². The van der Waals surface area contributed by atoms with Crippen LogP contribution in [0.15, 0.2) is 182 Å². The van der Waals surface area contributed by atoms with Crippen LogP contribution >= 0.6 is 0 Å². The van der Waals surface area contributed by atoms with Crippen molar-refractivity contribution in [1.82, 2.24) is 0 Å². The first-order valence-electron chi connectivity index (χ1n) is 22.9. The molecule has 0 saturated heterocycles. The molecule has 64 heavy (non-hydrogen) atoms. The fourth-order valence-electron chi connectivity index (χ4n) is 10.2. The van der Waals surface area contributed by atoms with Crippen LogP contribution in [0.3, 0.4) is 0 Å². The molecule has 2 heteroatoms. The molecule has 10 aromatic carbocycles. The van der Waals surface area contributed by atoms with Crippen molar-refractivity contribution in [1.29, 1.82) is 0 Å². The van der Waals surface area contributed by atoms with Crippen molar-refractivity contribution in [2.45, 2.75) is 67.2 Å². The van der Waals surface area contributed by atoms with Gasteiger partial charge in [0.05, 0.1) is 11.4 Å². The van der Waals surface area contributed by atoms with Gasteiger partial charge < -0.3 is 9.80 Å². The van der Waals surface area contributed by atoms with Gasteiger partial charge in [0, 0.05) is 33.5 Å². The van der Waals surface area contributed by atoms with Gasteiger partial charge in [-0.15, -0.1) is 0 Å². The third kappa shape index (κ3) is 6.99. The van der Waals surface area contributed by atoms with Crippen molar-refractivity contribution in [2.24, 2.45) is 0 Å². The second-order valence-electron chi connectivity index (χ2n) is 18.3. The van der Waals surface area contributed by atoms with Gasteiger partial charge in [-0.05, 0) is 165 Å². The molecule has 0 radical (unpaired) electrons. The molecular weight excluding hydrogens is 773 g/mol. The van der Waals surface area contributed by atoms with Crippen LogP contribution in [0.5, 0.6) is 0 Å². The van der Waals surface area contributed by atoms with Gasteiger partial charge in [-0.2, -0.15) is 0 Å². The summed E-state index contributed by atoms with van der Waals surface area (Å²) < 4.78 is 0. The standard InChI is InChI=1S/C62H56N2/c1-39(2)53-37-59(63(55-25-17-15-19-41(55)5)57-33-27-47(35-43(57)7)45-21-11-9-12-22-45)51-32-30-50-54(40(3)4)38-60(52-31-29-49(53)61(51)62(50)52)64(56-26-18-16-20-42(56)6)58-34-28-48(36-44(58)8)46-23-13-10-14-24-46/h9-40H,1-8H3. The predicted molar refractivity (Wildman–Crippen MR) is 278 cm³/mol. The van der Waals surface area contributed by atoms with E-state index in [9.17, 15) is 0 Å². The van der Waals surface area contributed by atoms with E-state index in [2.05, 4.69) is 247 Å². The average molecular weight is 829 g/mol. The molecule has 0 atom stereocenters. The Balaban J connectivity index is 1.29. The largest absolute Gasteiger partial charge is 0.309 e. The van der Waals surface area contributed by atoms with Gasteiger partial charge in [0.25, 0.3) is 0 Å². The maximum absolute atomic E-state index is 2.54. The number of nitrogens with zero attached hydrogens (tertiary/aromatic N) is 2. The van der Waals surface area contributed by atoms with Gasteiger partial charge in [0.2, 0.25) is 0 Å². The molecule has 0 aliphatic rings. The van der Waals surface area contributed by atoms with E-state index >= 15 is 0 Å². The summed E-state index contributed by atoms with van der Waals surface area (Å²) in [6, 6.07) is 67.8. The van der Waals surface area contributed by atoms with Crippen molar-refractivity contribution in [2.75, 3.05) is 9.80 Å². The summed E-state index contributed by atoms with van der Waals surface area (Å²) in [5.74, 6) is 0.587. The Labute approximate surface area is 379 Å². The van der Waals surface area contributed by atoms with Crippen LogP contribution in [0, 0.1) is 27.7 Å². The number of anilines is 6. The van der Waals surface area contributed by atoms with Gasteiger partial charge in [0.1, 0.15) is 0 Å². The summed E-state index contributed by atoms with van der Waals surface area (Å²) in [5, 5.41) is 7.82. The Morgan fingerprint density at radius 1 is 0.281 bits per heavy atom. The average Bonchev–Trinajstić information content (AvgIpc) is 3.31. The van der Waals surface area contributed by atoms with E-state index in [0.717, 1.165) is 0 Å². The third-order valence-electron chi connectivity index (χ3n) is 13.4. The maximum atomic E-state index is 2.54. The van der Waals surface area contributed by atoms with Crippen LogP contribution in [0.25, 0.3) is 54.6 Å². The number of benzene rings is 10. The van der Waals surface area contributed by atoms with Gasteiger partial charge in [-0.1, -0.05) is 161 Å². The Morgan fingerprint density at radius 3 is 0.984 bits per heavy atom. The second kappa shape index (κ2) is 16.5. The molecule has 0 heterocycles. The zero-order valence-corrected chi connectivity index (χ0v) is 38.4. The maximum Gasteiger partial charge on any atom is 0.0543 e. The summed E-state index contributed by atoms with van der Waals surface area (Å²) in [5.41, 5.74) is 19.7. The zero-order valence-electron chi connectivity index (χ0n) is 38.4. The Morgan fingerprint density at radius 2 is 0.625 bits per heavy atom. The van der Waals surface area contributed by atoms with Gasteiger partial charge in [-0.25, -0.2) is 0 Å². The van der Waals surface area contributed by atoms with E-state index in [0.29, 0.717) is 11.8 Å². The lowest BCUT2D eigenvalue weighted by molar-refractivity contribution is 0.875. The molecule has 10 rings (SSSR count). The van der Waals surface area contributed by atoms with E-state index in [4.69, 9.17) is 0 Å². The zero-order chi connectivity index (χ0) is 44.2. The molecule has 0 saturated carbocycles. The summed E-state index contributed by atoms with van der Waals surface area (Å²) >= 11 is 0. The van der Waals surface area contributed by atoms with Crippen LogP contribution in [0.4, 0.5) is 34.1 Å². The minimum Gasteiger partial charge on any atom is -0.309 e. The lowest BCUT2D eigenvalue weighted by Crippen LogP contribution is -2.15. The molecule has 0 fully saturated rings. The van der Waals surface area contributed by atoms with Crippen molar-refractivity contribution in [3.8, 4) is 22.3 Å². The van der Waals surface area contributed by atoms with E-state index in [1.807, 2.05) is 0 Å². The highest BCUT2D eigenvalue weighted by Gasteiger charge is 2.27. The van der Waals surface area contributed by atoms with Crippen LogP contribution in [0.1, 0.15) is 72.9 Å². The minimum absolute atomic E-state index is 0.293. The van der Waals surface area contributed by atoms with Crippen LogP contribution in [-0.4, -0.2) is 0 Å². The molecular formula is C62H56N2. The number of aryl methyl sites for hydroxylation is 4. The first kappa shape index (κ1) is 40.9. The van der Waals surface area contributed by atoms with Crippen molar-refractivity contribution in [3.63, 3.8) is 0 Å². The lowest BCUT2D eigenvalue weighted by atomic mass is 9.83. The summed E-state index contributed by atoms with van der Waals surface area (Å²) in [7, 11) is 0. The summed E-state index contributed by atoms with van der Waals surface area (Å²) in [6.07, 6.45) is 0. The van der Waals surface area contributed by atoms with Crippen molar-refractivity contribution < 1.29 is 0 Å². The molecule has 0 unspecified atom stereocenters. The van der Waals surface area contributed by atoms with Gasteiger partial charge >= 0.3 is 0 Å². The number of hydrogen-bond acceptors (Lipinski definition) is 2. The highest BCUT2D eigenvalue weighted by molar-refractivity contribution is 6.29. The van der Waals surface area contributed by atoms with Gasteiger partial charge in [0.15, 0.2) is 0 Å². The fourth-order valence-corrected chi connectivity index (χ4v) is 10.2. The van der Waals surface area contributed by atoms with E-state index in [1.54, 1.807) is 0 Å².